The van der Waals surface area contributed by atoms with Gasteiger partial charge in [-0.1, -0.05) is 0 Å². The zero-order chi connectivity index (χ0) is 27.6. The van der Waals surface area contributed by atoms with E-state index >= 15 is 0 Å². The summed E-state index contributed by atoms with van der Waals surface area (Å²) in [6.45, 7) is 2.56. The van der Waals surface area contributed by atoms with E-state index < -0.39 is 18.0 Å². The molecule has 0 aromatic carbocycles. The first-order valence-corrected chi connectivity index (χ1v) is 13.8. The van der Waals surface area contributed by atoms with Gasteiger partial charge < -0.3 is 20.0 Å². The van der Waals surface area contributed by atoms with E-state index in [1.165, 1.54) is 17.4 Å². The highest BCUT2D eigenvalue weighted by Gasteiger charge is 2.34. The first kappa shape index (κ1) is 26.4. The van der Waals surface area contributed by atoms with Gasteiger partial charge in [0.05, 0.1) is 24.0 Å². The van der Waals surface area contributed by atoms with Crippen LogP contribution in [0.1, 0.15) is 67.2 Å². The van der Waals surface area contributed by atoms with Gasteiger partial charge in [0.15, 0.2) is 17.8 Å². The lowest BCUT2D eigenvalue weighted by molar-refractivity contribution is -0.135. The van der Waals surface area contributed by atoms with Gasteiger partial charge in [-0.3, -0.25) is 19.2 Å². The molecule has 4 heterocycles. The molecule has 0 radical (unpaired) electrons. The third-order valence-corrected chi connectivity index (χ3v) is 7.92. The maximum absolute atomic E-state index is 14.4. The number of hydrogen-bond donors (Lipinski definition) is 2. The number of alkyl halides is 2. The summed E-state index contributed by atoms with van der Waals surface area (Å²) in [6, 6.07) is 3.28. The van der Waals surface area contributed by atoms with Gasteiger partial charge in [0, 0.05) is 44.1 Å². The Morgan fingerprint density at radius 1 is 1.18 bits per heavy atom. The van der Waals surface area contributed by atoms with Crippen LogP contribution in [0.2, 0.25) is 0 Å². The quantitative estimate of drug-likeness (QED) is 0.408. The van der Waals surface area contributed by atoms with Gasteiger partial charge in [0.1, 0.15) is 12.1 Å². The monoisotopic (exact) mass is 554 g/mol. The number of nitrogens with one attached hydrogen (secondary N) is 2. The number of pyridine rings is 1. The van der Waals surface area contributed by atoms with Crippen molar-refractivity contribution in [1.29, 1.82) is 0 Å². The Hall–Kier alpha value is -3.87. The third-order valence-electron chi connectivity index (χ3n) is 7.92. The van der Waals surface area contributed by atoms with E-state index in [1.807, 2.05) is 4.90 Å². The van der Waals surface area contributed by atoms with E-state index in [-0.39, 0.29) is 29.4 Å². The predicted octanol–water partition coefficient (Wildman–Crippen LogP) is 3.92. The second kappa shape index (κ2) is 11.3. The van der Waals surface area contributed by atoms with Crippen LogP contribution >= 0.6 is 0 Å². The molecular formula is C27H32F2N8O3. The maximum atomic E-state index is 14.4. The highest BCUT2D eigenvalue weighted by atomic mass is 19.3. The molecule has 40 heavy (non-hydrogen) atoms. The Morgan fingerprint density at radius 3 is 2.67 bits per heavy atom. The molecule has 1 aliphatic heterocycles. The van der Waals surface area contributed by atoms with E-state index in [9.17, 15) is 18.4 Å². The molecule has 3 fully saturated rings. The molecule has 2 N–H and O–H groups in total. The third kappa shape index (κ3) is 5.55. The number of amides is 2. The summed E-state index contributed by atoms with van der Waals surface area (Å²) in [5.74, 6) is 0.632. The van der Waals surface area contributed by atoms with Crippen LogP contribution in [0.25, 0.3) is 0 Å². The fourth-order valence-electron chi connectivity index (χ4n) is 5.58. The fourth-order valence-corrected chi connectivity index (χ4v) is 5.58. The minimum absolute atomic E-state index is 0.0123. The summed E-state index contributed by atoms with van der Waals surface area (Å²) in [5, 5.41) is 10.7. The molecule has 3 aromatic heterocycles. The number of carbonyl (C=O) groups excluding carboxylic acids is 2. The number of anilines is 3. The second-order valence-electron chi connectivity index (χ2n) is 10.6. The van der Waals surface area contributed by atoms with Crippen molar-refractivity contribution in [3.63, 3.8) is 0 Å². The number of nitrogens with zero attached hydrogens (tertiary/aromatic N) is 6. The van der Waals surface area contributed by atoms with Gasteiger partial charge in [0.2, 0.25) is 5.91 Å². The van der Waals surface area contributed by atoms with Crippen molar-refractivity contribution in [2.75, 3.05) is 36.4 Å². The summed E-state index contributed by atoms with van der Waals surface area (Å²) in [7, 11) is 0. The molecule has 6 rings (SSSR count). The SMILES string of the molecule is O=C(c1cocn1)N(c1ccnc(NCC2CC2)c1)c1cn(C2CCC(N3CCNCC3=O)CC2)nc1C(F)F. The molecule has 0 atom stereocenters. The van der Waals surface area contributed by atoms with Crippen molar-refractivity contribution >= 4 is 29.0 Å². The average molecular weight is 555 g/mol. The number of carbonyl (C=O) groups is 2. The van der Waals surface area contributed by atoms with Gasteiger partial charge in [-0.25, -0.2) is 18.7 Å². The number of oxazole rings is 1. The van der Waals surface area contributed by atoms with E-state index in [2.05, 4.69) is 25.7 Å². The lowest BCUT2D eigenvalue weighted by Crippen LogP contribution is -2.53. The standard InChI is InChI=1S/C27H32F2N8O3/c28-26(29)25-22(14-36(34-25)19-5-3-18(4-6-19)35-10-9-30-13-24(35)38)37(27(39)21-15-40-16-33-21)20-7-8-31-23(11-20)32-12-17-1-2-17/h7-8,11,14-19,26,30H,1-6,9-10,12-13H2,(H,31,32). The minimum Gasteiger partial charge on any atom is -0.451 e. The maximum Gasteiger partial charge on any atom is 0.284 e. The normalized spacial score (nSPS) is 21.6. The van der Waals surface area contributed by atoms with Crippen molar-refractivity contribution < 1.29 is 22.8 Å². The van der Waals surface area contributed by atoms with Crippen molar-refractivity contribution in [2.24, 2.45) is 5.92 Å². The van der Waals surface area contributed by atoms with E-state index in [0.717, 1.165) is 45.2 Å². The fraction of sp³-hybridized carbons (Fsp3) is 0.519. The Morgan fingerprint density at radius 2 is 1.98 bits per heavy atom. The largest absolute Gasteiger partial charge is 0.451 e. The van der Waals surface area contributed by atoms with E-state index in [0.29, 0.717) is 43.4 Å². The minimum atomic E-state index is -2.91. The van der Waals surface area contributed by atoms with Gasteiger partial charge in [-0.2, -0.15) is 5.10 Å². The van der Waals surface area contributed by atoms with Crippen molar-refractivity contribution in [2.45, 2.75) is 57.0 Å². The molecule has 3 aromatic rings. The summed E-state index contributed by atoms with van der Waals surface area (Å²) >= 11 is 0. The Balaban J connectivity index is 1.29. The number of halogens is 2. The van der Waals surface area contributed by atoms with Crippen LogP contribution in [-0.2, 0) is 4.79 Å². The van der Waals surface area contributed by atoms with Crippen LogP contribution in [0.15, 0.2) is 41.6 Å². The molecule has 0 spiro atoms. The highest BCUT2D eigenvalue weighted by Crippen LogP contribution is 2.39. The van der Waals surface area contributed by atoms with Crippen LogP contribution in [0, 0.1) is 5.92 Å². The van der Waals surface area contributed by atoms with Gasteiger partial charge in [-0.15, -0.1) is 0 Å². The summed E-state index contributed by atoms with van der Waals surface area (Å²) in [5.41, 5.74) is -0.149. The molecule has 13 heteroatoms. The van der Waals surface area contributed by atoms with E-state index in [4.69, 9.17) is 4.42 Å². The van der Waals surface area contributed by atoms with Gasteiger partial charge >= 0.3 is 0 Å². The topological polar surface area (TPSA) is 121 Å². The Bertz CT molecular complexity index is 1340. The molecule has 2 amide bonds. The molecule has 212 valence electrons. The lowest BCUT2D eigenvalue weighted by Gasteiger charge is -2.39. The molecule has 1 saturated heterocycles. The second-order valence-corrected chi connectivity index (χ2v) is 10.6. The van der Waals surface area contributed by atoms with Crippen LogP contribution < -0.4 is 15.5 Å². The van der Waals surface area contributed by atoms with Gasteiger partial charge in [0.25, 0.3) is 12.3 Å². The molecule has 0 bridgehead atoms. The number of piperazine rings is 1. The van der Waals surface area contributed by atoms with Crippen molar-refractivity contribution in [3.8, 4) is 0 Å². The zero-order valence-electron chi connectivity index (χ0n) is 22.0. The van der Waals surface area contributed by atoms with Crippen LogP contribution in [0.5, 0.6) is 0 Å². The molecule has 11 nitrogen and oxygen atoms in total. The van der Waals surface area contributed by atoms with Crippen molar-refractivity contribution in [3.05, 3.63) is 48.6 Å². The smallest absolute Gasteiger partial charge is 0.284 e. The summed E-state index contributed by atoms with van der Waals surface area (Å²) < 4.78 is 35.4. The lowest BCUT2D eigenvalue weighted by atomic mass is 9.90. The Labute approximate surface area is 229 Å². The molecule has 3 aliphatic rings. The number of aromatic nitrogens is 4. The number of hydrogen-bond acceptors (Lipinski definition) is 8. The van der Waals surface area contributed by atoms with Gasteiger partial charge in [-0.05, 0) is 50.5 Å². The Kier molecular flexibility index (Phi) is 7.46. The molecule has 2 aliphatic carbocycles. The molecule has 0 unspecified atom stereocenters. The zero-order valence-corrected chi connectivity index (χ0v) is 22.0. The van der Waals surface area contributed by atoms with Crippen LogP contribution in [0.3, 0.4) is 0 Å². The first-order valence-electron chi connectivity index (χ1n) is 13.8. The number of rotatable bonds is 9. The molecule has 2 saturated carbocycles. The van der Waals surface area contributed by atoms with Crippen LogP contribution in [0.4, 0.5) is 26.0 Å². The summed E-state index contributed by atoms with van der Waals surface area (Å²) in [4.78, 5) is 37.4. The average Bonchev–Trinajstić information content (AvgIpc) is 3.43. The first-order chi connectivity index (χ1) is 19.5. The molecular weight excluding hydrogens is 522 g/mol. The predicted molar refractivity (Wildman–Crippen MR) is 141 cm³/mol. The van der Waals surface area contributed by atoms with Crippen molar-refractivity contribution in [1.82, 2.24) is 30.0 Å². The highest BCUT2D eigenvalue weighted by molar-refractivity contribution is 6.10. The van der Waals surface area contributed by atoms with Crippen LogP contribution in [-0.4, -0.2) is 68.7 Å². The van der Waals surface area contributed by atoms with E-state index in [1.54, 1.807) is 23.0 Å². The summed E-state index contributed by atoms with van der Waals surface area (Å²) in [6.07, 6.45) is 7.69.